The van der Waals surface area contributed by atoms with Crippen LogP contribution < -0.4 is 29.6 Å². The largest absolute Gasteiger partial charge is 0.490 e. The van der Waals surface area contributed by atoms with Crippen molar-refractivity contribution >= 4 is 11.6 Å². The number of allylic oxidation sites excluding steroid dienone is 2. The molecule has 0 unspecified atom stereocenters. The Bertz CT molecular complexity index is 1210. The third kappa shape index (κ3) is 19.6. The quantitative estimate of drug-likeness (QED) is 0.0427. The Morgan fingerprint density at radius 2 is 0.788 bits per heavy atom. The van der Waals surface area contributed by atoms with Gasteiger partial charge < -0.3 is 29.6 Å². The molecule has 0 aliphatic carbocycles. The molecule has 0 bridgehead atoms. The number of nitrogens with one attached hydrogen (secondary N) is 2. The first-order valence-electron chi connectivity index (χ1n) is 20.2. The summed E-state index contributed by atoms with van der Waals surface area (Å²) in [7, 11) is 0. The van der Waals surface area contributed by atoms with Gasteiger partial charge in [0.2, 0.25) is 0 Å². The van der Waals surface area contributed by atoms with Gasteiger partial charge in [0.1, 0.15) is 0 Å². The number of ether oxygens (including phenoxy) is 4. The molecule has 290 valence electrons. The van der Waals surface area contributed by atoms with Gasteiger partial charge in [-0.1, -0.05) is 105 Å². The maximum absolute atomic E-state index is 12.9. The van der Waals surface area contributed by atoms with Crippen LogP contribution in [0.3, 0.4) is 0 Å². The summed E-state index contributed by atoms with van der Waals surface area (Å²) in [6.07, 6.45) is 24.3. The summed E-state index contributed by atoms with van der Waals surface area (Å²) in [4.78, 5) is 25.9. The highest BCUT2D eigenvalue weighted by atomic mass is 16.5. The van der Waals surface area contributed by atoms with E-state index in [-0.39, 0.29) is 11.6 Å². The summed E-state index contributed by atoms with van der Waals surface area (Å²) >= 11 is 0. The number of rotatable bonds is 33. The number of carbonyl (C=O) groups excluding carboxylic acids is 2. The molecule has 0 heterocycles. The van der Waals surface area contributed by atoms with Crippen molar-refractivity contribution in [1.82, 2.24) is 10.6 Å². The zero-order valence-electron chi connectivity index (χ0n) is 32.8. The smallest absolute Gasteiger partial charge is 0.187 e. The van der Waals surface area contributed by atoms with E-state index in [9.17, 15) is 9.59 Å². The Morgan fingerprint density at radius 3 is 1.12 bits per heavy atom. The number of carbonyl (C=O) groups is 2. The fraction of sp³-hybridized carbons (Fsp3) is 0.591. The topological polar surface area (TPSA) is 95.1 Å². The van der Waals surface area contributed by atoms with E-state index in [0.29, 0.717) is 73.6 Å². The molecule has 0 amide bonds. The first-order valence-corrected chi connectivity index (χ1v) is 20.2. The van der Waals surface area contributed by atoms with E-state index >= 15 is 0 Å². The second-order valence-corrected chi connectivity index (χ2v) is 13.3. The van der Waals surface area contributed by atoms with E-state index < -0.39 is 0 Å². The van der Waals surface area contributed by atoms with Crippen molar-refractivity contribution in [1.29, 1.82) is 0 Å². The number of ketones is 2. The lowest BCUT2D eigenvalue weighted by Crippen LogP contribution is -2.20. The van der Waals surface area contributed by atoms with Gasteiger partial charge in [0.05, 0.1) is 26.4 Å². The summed E-state index contributed by atoms with van der Waals surface area (Å²) < 4.78 is 24.2. The van der Waals surface area contributed by atoms with Gasteiger partial charge in [0, 0.05) is 48.8 Å². The van der Waals surface area contributed by atoms with Crippen molar-refractivity contribution < 1.29 is 28.5 Å². The van der Waals surface area contributed by atoms with Crippen LogP contribution >= 0.6 is 0 Å². The molecule has 0 saturated carbocycles. The van der Waals surface area contributed by atoms with Crippen LogP contribution in [0.1, 0.15) is 151 Å². The van der Waals surface area contributed by atoms with Crippen LogP contribution in [0.25, 0.3) is 0 Å². The molecule has 0 aromatic heterocycles. The van der Waals surface area contributed by atoms with Crippen LogP contribution in [0.15, 0.2) is 61.0 Å². The molecule has 0 radical (unpaired) electrons. The Balaban J connectivity index is 1.85. The summed E-state index contributed by atoms with van der Waals surface area (Å²) in [5, 5.41) is 6.27. The Hall–Kier alpha value is -3.94. The lowest BCUT2D eigenvalue weighted by Gasteiger charge is -2.14. The molecule has 2 aromatic carbocycles. The van der Waals surface area contributed by atoms with E-state index in [2.05, 4.69) is 38.3 Å². The van der Waals surface area contributed by atoms with Gasteiger partial charge in [-0.2, -0.15) is 0 Å². The van der Waals surface area contributed by atoms with Crippen molar-refractivity contribution in [2.75, 3.05) is 39.5 Å². The molecule has 0 atom stereocenters. The van der Waals surface area contributed by atoms with Gasteiger partial charge in [-0.25, -0.2) is 0 Å². The van der Waals surface area contributed by atoms with Crippen molar-refractivity contribution in [3.63, 3.8) is 0 Å². The van der Waals surface area contributed by atoms with Gasteiger partial charge in [0.15, 0.2) is 34.6 Å². The minimum atomic E-state index is -0.117. The average Bonchev–Trinajstić information content (AvgIpc) is 3.16. The third-order valence-electron chi connectivity index (χ3n) is 8.60. The van der Waals surface area contributed by atoms with E-state index in [0.717, 1.165) is 51.4 Å². The minimum Gasteiger partial charge on any atom is -0.490 e. The molecule has 0 fully saturated rings. The molecular weight excluding hydrogens is 652 g/mol. The SMILES string of the molecule is CCCCCCOc1ccc(C(=O)/C=C/NCCN/C=C/C(=O)c2ccc(OCCCCCC)c(OCCCCCC)c2)cc1OCCCCCC. The molecule has 0 spiro atoms. The number of unbranched alkanes of at least 4 members (excludes halogenated alkanes) is 12. The fourth-order valence-corrected chi connectivity index (χ4v) is 5.40. The third-order valence-corrected chi connectivity index (χ3v) is 8.60. The van der Waals surface area contributed by atoms with Gasteiger partial charge >= 0.3 is 0 Å². The van der Waals surface area contributed by atoms with Crippen LogP contribution in [-0.4, -0.2) is 51.1 Å². The van der Waals surface area contributed by atoms with Gasteiger partial charge in [0.25, 0.3) is 0 Å². The predicted molar refractivity (Wildman–Crippen MR) is 214 cm³/mol. The van der Waals surface area contributed by atoms with Gasteiger partial charge in [-0.15, -0.1) is 0 Å². The molecule has 2 N–H and O–H groups in total. The fourth-order valence-electron chi connectivity index (χ4n) is 5.40. The molecule has 2 rings (SSSR count). The lowest BCUT2D eigenvalue weighted by molar-refractivity contribution is 0.103. The molecule has 8 nitrogen and oxygen atoms in total. The molecule has 2 aromatic rings. The number of hydrogen-bond acceptors (Lipinski definition) is 8. The first-order chi connectivity index (χ1) is 25.5. The molecule has 0 aliphatic rings. The highest BCUT2D eigenvalue weighted by molar-refractivity contribution is 6.05. The maximum Gasteiger partial charge on any atom is 0.187 e. The highest BCUT2D eigenvalue weighted by Crippen LogP contribution is 2.31. The van der Waals surface area contributed by atoms with Crippen molar-refractivity contribution in [3.8, 4) is 23.0 Å². The predicted octanol–water partition coefficient (Wildman–Crippen LogP) is 10.8. The van der Waals surface area contributed by atoms with Crippen molar-refractivity contribution in [2.45, 2.75) is 130 Å². The van der Waals surface area contributed by atoms with E-state index in [1.54, 1.807) is 36.7 Å². The summed E-state index contributed by atoms with van der Waals surface area (Å²) in [6.45, 7) is 12.4. The van der Waals surface area contributed by atoms with Gasteiger partial charge in [-0.3, -0.25) is 9.59 Å². The molecule has 52 heavy (non-hydrogen) atoms. The normalized spacial score (nSPS) is 11.2. The Labute approximate surface area is 315 Å². The molecular formula is C44H68N2O6. The molecule has 8 heteroatoms. The standard InChI is InChI=1S/C44H68N2O6/c1-5-9-13-17-31-49-41-23-21-37(35-43(41)51-33-19-15-11-7-3)39(47)25-27-45-29-30-46-28-26-40(48)38-22-24-42(50-32-18-14-10-6-2)44(36-38)52-34-20-16-12-8-4/h21-28,35-36,45-46H,5-20,29-34H2,1-4H3/b27-25+,28-26+. The second-order valence-electron chi connectivity index (χ2n) is 13.3. The zero-order valence-corrected chi connectivity index (χ0v) is 32.8. The zero-order chi connectivity index (χ0) is 37.5. The van der Waals surface area contributed by atoms with Crippen molar-refractivity contribution in [2.24, 2.45) is 0 Å². The number of hydrogen-bond donors (Lipinski definition) is 2. The van der Waals surface area contributed by atoms with Crippen LogP contribution in [0.4, 0.5) is 0 Å². The molecule has 0 aliphatic heterocycles. The summed E-state index contributed by atoms with van der Waals surface area (Å²) in [6, 6.07) is 10.8. The lowest BCUT2D eigenvalue weighted by atomic mass is 10.1. The van der Waals surface area contributed by atoms with Gasteiger partial charge in [-0.05, 0) is 62.1 Å². The summed E-state index contributed by atoms with van der Waals surface area (Å²) in [5.74, 6) is 2.39. The van der Waals surface area contributed by atoms with Crippen molar-refractivity contribution in [3.05, 3.63) is 72.1 Å². The second kappa shape index (κ2) is 29.6. The first kappa shape index (κ1) is 44.2. The van der Waals surface area contributed by atoms with Crippen LogP contribution in [0.2, 0.25) is 0 Å². The van der Waals surface area contributed by atoms with E-state index in [1.165, 1.54) is 63.5 Å². The maximum atomic E-state index is 12.9. The Morgan fingerprint density at radius 1 is 0.462 bits per heavy atom. The van der Waals surface area contributed by atoms with E-state index in [4.69, 9.17) is 18.9 Å². The van der Waals surface area contributed by atoms with Crippen LogP contribution in [0.5, 0.6) is 23.0 Å². The monoisotopic (exact) mass is 721 g/mol. The Kier molecular flexibility index (Phi) is 25.2. The van der Waals surface area contributed by atoms with E-state index in [1.807, 2.05) is 12.1 Å². The number of benzene rings is 2. The van der Waals surface area contributed by atoms with Crippen LogP contribution in [-0.2, 0) is 0 Å². The molecule has 0 saturated heterocycles. The average molecular weight is 721 g/mol. The minimum absolute atomic E-state index is 0.117. The summed E-state index contributed by atoms with van der Waals surface area (Å²) in [5.41, 5.74) is 1.10. The van der Waals surface area contributed by atoms with Crippen LogP contribution in [0, 0.1) is 0 Å². The highest BCUT2D eigenvalue weighted by Gasteiger charge is 2.12.